The molecule has 12 nitrogen and oxygen atoms in total. The maximum atomic E-state index is 12.6. The fourth-order valence-electron chi connectivity index (χ4n) is 5.37. The van der Waals surface area contributed by atoms with Crippen LogP contribution in [0.15, 0.2) is 73.6 Å². The molecular formula is C29H32N6O6. The summed E-state index contributed by atoms with van der Waals surface area (Å²) in [6.45, 7) is 5.43. The van der Waals surface area contributed by atoms with Crippen molar-refractivity contribution in [1.82, 2.24) is 30.8 Å². The monoisotopic (exact) mass is 560 g/mol. The van der Waals surface area contributed by atoms with Crippen molar-refractivity contribution in [2.45, 2.75) is 64.8 Å². The zero-order valence-corrected chi connectivity index (χ0v) is 23.0. The largest absolute Gasteiger partial charge is 0.519 e. The van der Waals surface area contributed by atoms with Crippen LogP contribution < -0.4 is 11.1 Å². The highest BCUT2D eigenvalue weighted by atomic mass is 16.6. The number of rotatable bonds is 11. The van der Waals surface area contributed by atoms with E-state index in [0.29, 0.717) is 23.8 Å². The summed E-state index contributed by atoms with van der Waals surface area (Å²) in [7, 11) is 0. The Bertz CT molecular complexity index is 1610. The highest BCUT2D eigenvalue weighted by molar-refractivity contribution is 5.88. The Kier molecular flexibility index (Phi) is 7.75. The highest BCUT2D eigenvalue weighted by Crippen LogP contribution is 2.39. The van der Waals surface area contributed by atoms with E-state index in [1.807, 2.05) is 55.5 Å². The van der Waals surface area contributed by atoms with Crippen molar-refractivity contribution in [3.8, 4) is 22.5 Å². The number of aromatic amines is 1. The first-order valence-electron chi connectivity index (χ1n) is 13.5. The second-order valence-corrected chi connectivity index (χ2v) is 10.2. The van der Waals surface area contributed by atoms with Gasteiger partial charge in [-0.05, 0) is 48.6 Å². The first-order valence-corrected chi connectivity index (χ1v) is 13.5. The number of tetrazole rings is 1. The van der Waals surface area contributed by atoms with Crippen LogP contribution in [-0.2, 0) is 17.8 Å². The third kappa shape index (κ3) is 5.50. The van der Waals surface area contributed by atoms with Crippen LogP contribution in [0.3, 0.4) is 0 Å². The number of aryl methyl sites for hydroxylation is 1. The molecule has 1 aliphatic heterocycles. The van der Waals surface area contributed by atoms with Crippen LogP contribution >= 0.6 is 0 Å². The molecule has 4 aromatic rings. The predicted molar refractivity (Wildman–Crippen MR) is 148 cm³/mol. The van der Waals surface area contributed by atoms with E-state index in [1.165, 1.54) is 6.92 Å². The van der Waals surface area contributed by atoms with Gasteiger partial charge >= 0.3 is 11.8 Å². The number of hydrogen-bond acceptors (Lipinski definition) is 10. The first kappa shape index (κ1) is 27.8. The average molecular weight is 561 g/mol. The second-order valence-electron chi connectivity index (χ2n) is 10.2. The number of aliphatic carboxylic acids is 1. The van der Waals surface area contributed by atoms with Gasteiger partial charge in [-0.25, -0.2) is 9.59 Å². The zero-order valence-electron chi connectivity index (χ0n) is 23.0. The van der Waals surface area contributed by atoms with Crippen molar-refractivity contribution in [2.24, 2.45) is 0 Å². The van der Waals surface area contributed by atoms with Gasteiger partial charge in [0.1, 0.15) is 17.1 Å². The number of carboxylic acids is 1. The summed E-state index contributed by atoms with van der Waals surface area (Å²) >= 11 is 0. The number of nitrogens with zero attached hydrogens (tertiary/aromatic N) is 4. The summed E-state index contributed by atoms with van der Waals surface area (Å²) in [4.78, 5) is 26.2. The lowest BCUT2D eigenvalue weighted by molar-refractivity contribution is -0.135. The molecule has 3 heterocycles. The van der Waals surface area contributed by atoms with Gasteiger partial charge in [0.05, 0.1) is 18.2 Å². The fraction of sp³-hybridized carbons (Fsp3) is 0.345. The van der Waals surface area contributed by atoms with Gasteiger partial charge in [0.2, 0.25) is 5.82 Å². The van der Waals surface area contributed by atoms with Crippen LogP contribution in [0.2, 0.25) is 0 Å². The maximum absolute atomic E-state index is 12.6. The Morgan fingerprint density at radius 1 is 1.12 bits per heavy atom. The Morgan fingerprint density at radius 3 is 2.44 bits per heavy atom. The third-order valence-corrected chi connectivity index (χ3v) is 7.38. The molecule has 0 radical (unpaired) electrons. The topological polar surface area (TPSA) is 171 Å². The first-order chi connectivity index (χ1) is 19.7. The summed E-state index contributed by atoms with van der Waals surface area (Å²) in [6, 6.07) is 15.5. The number of nitrogens with one attached hydrogen (secondary N) is 2. The number of aliphatic hydroxyl groups excluding tert-OH is 1. The number of aliphatic hydroxyl groups is 1. The standard InChI is InChI=1S/C29H32N6O6/c1-4-5-14-29(15-23-18(3)40-28(39)41-23)30-24(17(2)36)25(27(37)38)35(29)16-19-10-12-20(13-11-19)21-8-6-7-9-22(21)26-31-33-34-32-26/h6-13,17,30,36H,4-5,14-16H2,1-3H3,(H,37,38)(H,31,32,33,34). The van der Waals surface area contributed by atoms with Crippen LogP contribution in [0.25, 0.3) is 22.5 Å². The molecule has 0 aliphatic carbocycles. The van der Waals surface area contributed by atoms with E-state index in [0.717, 1.165) is 35.1 Å². The summed E-state index contributed by atoms with van der Waals surface area (Å²) in [5.74, 6) is -0.834. The van der Waals surface area contributed by atoms with Crippen LogP contribution in [0, 0.1) is 6.92 Å². The minimum absolute atomic E-state index is 0.0221. The van der Waals surface area contributed by atoms with Crippen LogP contribution in [0.1, 0.15) is 50.2 Å². The van der Waals surface area contributed by atoms with Gasteiger partial charge in [0.25, 0.3) is 0 Å². The lowest BCUT2D eigenvalue weighted by atomic mass is 9.94. The number of carboxylic acid groups (broad SMARTS) is 1. The maximum Gasteiger partial charge on any atom is 0.519 e. The lowest BCUT2D eigenvalue weighted by Crippen LogP contribution is -2.55. The minimum atomic E-state index is -1.16. The molecule has 41 heavy (non-hydrogen) atoms. The predicted octanol–water partition coefficient (Wildman–Crippen LogP) is 3.60. The van der Waals surface area contributed by atoms with Crippen LogP contribution in [-0.4, -0.2) is 53.5 Å². The summed E-state index contributed by atoms with van der Waals surface area (Å²) < 4.78 is 10.4. The molecule has 12 heteroatoms. The van der Waals surface area contributed by atoms with E-state index in [-0.39, 0.29) is 24.4 Å². The Hall–Kier alpha value is -4.71. The molecule has 214 valence electrons. The van der Waals surface area contributed by atoms with Crippen molar-refractivity contribution >= 4 is 5.97 Å². The molecule has 0 amide bonds. The lowest BCUT2D eigenvalue weighted by Gasteiger charge is -2.41. The number of aromatic nitrogens is 4. The van der Waals surface area contributed by atoms with Gasteiger partial charge in [-0.1, -0.05) is 61.9 Å². The smallest absolute Gasteiger partial charge is 0.477 e. The van der Waals surface area contributed by atoms with Crippen molar-refractivity contribution in [3.05, 3.63) is 87.6 Å². The van der Waals surface area contributed by atoms with Crippen LogP contribution in [0.5, 0.6) is 0 Å². The molecule has 0 bridgehead atoms. The van der Waals surface area contributed by atoms with Crippen molar-refractivity contribution in [3.63, 3.8) is 0 Å². The molecule has 0 spiro atoms. The number of benzene rings is 2. The van der Waals surface area contributed by atoms with E-state index in [4.69, 9.17) is 8.83 Å². The molecule has 5 rings (SSSR count). The van der Waals surface area contributed by atoms with E-state index >= 15 is 0 Å². The minimum Gasteiger partial charge on any atom is -0.477 e. The quantitative estimate of drug-likeness (QED) is 0.211. The highest BCUT2D eigenvalue weighted by Gasteiger charge is 2.48. The molecule has 1 aliphatic rings. The van der Waals surface area contributed by atoms with Gasteiger partial charge in [0.15, 0.2) is 5.76 Å². The second kappa shape index (κ2) is 11.4. The molecule has 2 atom stereocenters. The molecule has 2 aromatic carbocycles. The molecule has 0 fully saturated rings. The van der Waals surface area contributed by atoms with Crippen molar-refractivity contribution < 1.29 is 23.8 Å². The Morgan fingerprint density at radius 2 is 1.85 bits per heavy atom. The Labute approximate surface area is 235 Å². The van der Waals surface area contributed by atoms with Gasteiger partial charge in [-0.2, -0.15) is 5.21 Å². The molecule has 0 saturated heterocycles. The summed E-state index contributed by atoms with van der Waals surface area (Å²) in [5, 5.41) is 38.6. The summed E-state index contributed by atoms with van der Waals surface area (Å²) in [5.41, 5.74) is 2.74. The molecule has 0 saturated carbocycles. The van der Waals surface area contributed by atoms with E-state index in [1.54, 1.807) is 11.8 Å². The SMILES string of the molecule is CCCCC1(Cc2oc(=O)oc2C)NC(C(C)O)=C(C(=O)O)N1Cc1ccc(-c2ccccc2-c2nn[nH]n2)cc1. The van der Waals surface area contributed by atoms with Gasteiger partial charge in [-0.15, -0.1) is 10.2 Å². The van der Waals surface area contributed by atoms with Gasteiger partial charge in [0, 0.05) is 12.1 Å². The van der Waals surface area contributed by atoms with Crippen molar-refractivity contribution in [2.75, 3.05) is 0 Å². The number of unbranched alkanes of at least 4 members (excludes halogenated alkanes) is 1. The molecule has 2 aromatic heterocycles. The van der Waals surface area contributed by atoms with E-state index in [9.17, 15) is 19.8 Å². The van der Waals surface area contributed by atoms with Crippen LogP contribution in [0.4, 0.5) is 0 Å². The van der Waals surface area contributed by atoms with Crippen molar-refractivity contribution in [1.29, 1.82) is 0 Å². The summed E-state index contributed by atoms with van der Waals surface area (Å²) in [6.07, 6.45) is 1.24. The Balaban J connectivity index is 1.53. The van der Waals surface area contributed by atoms with E-state index in [2.05, 4.69) is 25.9 Å². The number of hydrogen-bond donors (Lipinski definition) is 4. The van der Waals surface area contributed by atoms with Gasteiger partial charge < -0.3 is 29.3 Å². The fourth-order valence-corrected chi connectivity index (χ4v) is 5.37. The van der Waals surface area contributed by atoms with E-state index < -0.39 is 23.6 Å². The number of H-pyrrole nitrogens is 1. The zero-order chi connectivity index (χ0) is 29.1. The number of carbonyl (C=O) groups is 1. The normalized spacial score (nSPS) is 17.6. The van der Waals surface area contributed by atoms with Gasteiger partial charge in [-0.3, -0.25) is 0 Å². The third-order valence-electron chi connectivity index (χ3n) is 7.38. The molecule has 2 unspecified atom stereocenters. The average Bonchev–Trinajstić information content (AvgIpc) is 3.67. The molecular weight excluding hydrogens is 528 g/mol. The molecule has 4 N–H and O–H groups in total.